The van der Waals surface area contributed by atoms with Crippen molar-refractivity contribution in [2.24, 2.45) is 0 Å². The van der Waals surface area contributed by atoms with E-state index in [1.807, 2.05) is 6.92 Å². The zero-order valence-corrected chi connectivity index (χ0v) is 11.0. The molecule has 0 fully saturated rings. The fourth-order valence-electron chi connectivity index (χ4n) is 1.12. The molecule has 0 bridgehead atoms. The summed E-state index contributed by atoms with van der Waals surface area (Å²) in [6.07, 6.45) is 0.303. The van der Waals surface area contributed by atoms with Crippen molar-refractivity contribution in [3.63, 3.8) is 0 Å². The Kier molecular flexibility index (Phi) is 5.45. The molecular formula is C12H15ClN2O3. The lowest BCUT2D eigenvalue weighted by molar-refractivity contribution is -0.129. The number of nitrogens with one attached hydrogen (secondary N) is 2. The highest BCUT2D eigenvalue weighted by atomic mass is 35.5. The summed E-state index contributed by atoms with van der Waals surface area (Å²) < 4.78 is 5.25. The van der Waals surface area contributed by atoms with Gasteiger partial charge in [-0.15, -0.1) is 0 Å². The first-order chi connectivity index (χ1) is 8.52. The summed E-state index contributed by atoms with van der Waals surface area (Å²) in [4.78, 5) is 22.2. The van der Waals surface area contributed by atoms with Crippen LogP contribution in [-0.2, 0) is 9.59 Å². The van der Waals surface area contributed by atoms with E-state index in [1.54, 1.807) is 25.1 Å². The third-order valence-electron chi connectivity index (χ3n) is 2.16. The molecular weight excluding hydrogens is 256 g/mol. The molecule has 1 aromatic rings. The van der Waals surface area contributed by atoms with Gasteiger partial charge in [0.1, 0.15) is 5.75 Å². The van der Waals surface area contributed by atoms with Gasteiger partial charge in [-0.2, -0.15) is 0 Å². The molecule has 0 aliphatic carbocycles. The fraction of sp³-hybridized carbons (Fsp3) is 0.333. The van der Waals surface area contributed by atoms with Gasteiger partial charge < -0.3 is 4.74 Å². The van der Waals surface area contributed by atoms with E-state index >= 15 is 0 Å². The number of hydrazine groups is 1. The normalized spacial score (nSPS) is 9.72. The zero-order valence-electron chi connectivity index (χ0n) is 10.2. The second-order valence-electron chi connectivity index (χ2n) is 3.65. The standard InChI is InChI=1S/C12H15ClN2O3/c1-3-11(16)14-15-12(17)7-18-9-4-5-10(13)8(2)6-9/h4-6H,3,7H2,1-2H3,(H,14,16)(H,15,17). The quantitative estimate of drug-likeness (QED) is 0.817. The number of aryl methyl sites for hydroxylation is 1. The molecule has 0 saturated heterocycles. The number of hydrogen-bond donors (Lipinski definition) is 2. The summed E-state index contributed by atoms with van der Waals surface area (Å²) in [5.41, 5.74) is 5.36. The third kappa shape index (κ3) is 4.63. The van der Waals surface area contributed by atoms with E-state index in [9.17, 15) is 9.59 Å². The molecule has 0 aromatic heterocycles. The van der Waals surface area contributed by atoms with Crippen LogP contribution in [0.25, 0.3) is 0 Å². The Hall–Kier alpha value is -1.75. The van der Waals surface area contributed by atoms with E-state index in [1.165, 1.54) is 0 Å². The number of carbonyl (C=O) groups is 2. The van der Waals surface area contributed by atoms with Gasteiger partial charge in [-0.25, -0.2) is 0 Å². The van der Waals surface area contributed by atoms with E-state index in [4.69, 9.17) is 16.3 Å². The van der Waals surface area contributed by atoms with Gasteiger partial charge in [-0.05, 0) is 30.7 Å². The molecule has 0 aliphatic rings. The number of hydrogen-bond acceptors (Lipinski definition) is 3. The van der Waals surface area contributed by atoms with Crippen molar-refractivity contribution >= 4 is 23.4 Å². The number of benzene rings is 1. The van der Waals surface area contributed by atoms with E-state index < -0.39 is 5.91 Å². The van der Waals surface area contributed by atoms with Crippen LogP contribution in [0.2, 0.25) is 5.02 Å². The van der Waals surface area contributed by atoms with Gasteiger partial charge in [-0.3, -0.25) is 20.4 Å². The molecule has 0 spiro atoms. The van der Waals surface area contributed by atoms with Gasteiger partial charge in [0.15, 0.2) is 6.61 Å². The summed E-state index contributed by atoms with van der Waals surface area (Å²) in [5.74, 6) is -0.135. The van der Waals surface area contributed by atoms with Crippen LogP contribution in [0.1, 0.15) is 18.9 Å². The summed E-state index contributed by atoms with van der Waals surface area (Å²) in [7, 11) is 0. The zero-order chi connectivity index (χ0) is 13.5. The Bertz CT molecular complexity index is 449. The number of halogens is 1. The Morgan fingerprint density at radius 1 is 1.28 bits per heavy atom. The molecule has 2 amide bonds. The number of amides is 2. The monoisotopic (exact) mass is 270 g/mol. The lowest BCUT2D eigenvalue weighted by Gasteiger charge is -2.09. The average molecular weight is 271 g/mol. The van der Waals surface area contributed by atoms with Crippen LogP contribution in [0.5, 0.6) is 5.75 Å². The maximum absolute atomic E-state index is 11.3. The summed E-state index contributed by atoms with van der Waals surface area (Å²) in [6.45, 7) is 3.36. The largest absolute Gasteiger partial charge is 0.484 e. The van der Waals surface area contributed by atoms with Gasteiger partial charge in [0, 0.05) is 11.4 Å². The van der Waals surface area contributed by atoms with Crippen LogP contribution in [0, 0.1) is 6.92 Å². The molecule has 0 saturated carbocycles. The van der Waals surface area contributed by atoms with Crippen LogP contribution in [0.3, 0.4) is 0 Å². The lowest BCUT2D eigenvalue weighted by Crippen LogP contribution is -2.43. The van der Waals surface area contributed by atoms with E-state index in [2.05, 4.69) is 10.9 Å². The van der Waals surface area contributed by atoms with Crippen LogP contribution < -0.4 is 15.6 Å². The molecule has 18 heavy (non-hydrogen) atoms. The Labute approximate surface area is 110 Å². The van der Waals surface area contributed by atoms with E-state index in [0.717, 1.165) is 5.56 Å². The average Bonchev–Trinajstić information content (AvgIpc) is 2.37. The van der Waals surface area contributed by atoms with Crippen molar-refractivity contribution in [1.82, 2.24) is 10.9 Å². The van der Waals surface area contributed by atoms with Crippen molar-refractivity contribution in [2.45, 2.75) is 20.3 Å². The first kappa shape index (κ1) is 14.3. The van der Waals surface area contributed by atoms with Crippen LogP contribution >= 0.6 is 11.6 Å². The molecule has 1 rings (SSSR count). The molecule has 0 radical (unpaired) electrons. The van der Waals surface area contributed by atoms with Crippen molar-refractivity contribution in [3.8, 4) is 5.75 Å². The molecule has 0 unspecified atom stereocenters. The Morgan fingerprint density at radius 3 is 2.56 bits per heavy atom. The number of carbonyl (C=O) groups excluding carboxylic acids is 2. The SMILES string of the molecule is CCC(=O)NNC(=O)COc1ccc(Cl)c(C)c1. The molecule has 6 heteroatoms. The van der Waals surface area contributed by atoms with Crippen molar-refractivity contribution in [2.75, 3.05) is 6.61 Å². The van der Waals surface area contributed by atoms with Gasteiger partial charge in [0.2, 0.25) is 5.91 Å². The maximum atomic E-state index is 11.3. The maximum Gasteiger partial charge on any atom is 0.276 e. The van der Waals surface area contributed by atoms with Crippen molar-refractivity contribution < 1.29 is 14.3 Å². The summed E-state index contributed by atoms with van der Waals surface area (Å²) in [5, 5.41) is 0.641. The van der Waals surface area contributed by atoms with Gasteiger partial charge in [0.25, 0.3) is 5.91 Å². The predicted molar refractivity (Wildman–Crippen MR) is 68.3 cm³/mol. The molecule has 5 nitrogen and oxygen atoms in total. The van der Waals surface area contributed by atoms with E-state index in [-0.39, 0.29) is 12.5 Å². The highest BCUT2D eigenvalue weighted by Gasteiger charge is 2.05. The van der Waals surface area contributed by atoms with Crippen LogP contribution in [0.4, 0.5) is 0 Å². The lowest BCUT2D eigenvalue weighted by atomic mass is 10.2. The predicted octanol–water partition coefficient (Wildman–Crippen LogP) is 1.58. The van der Waals surface area contributed by atoms with Gasteiger partial charge >= 0.3 is 0 Å². The second kappa shape index (κ2) is 6.86. The van der Waals surface area contributed by atoms with Crippen LogP contribution in [-0.4, -0.2) is 18.4 Å². The minimum atomic E-state index is -0.426. The summed E-state index contributed by atoms with van der Waals surface area (Å²) >= 11 is 5.86. The van der Waals surface area contributed by atoms with Gasteiger partial charge in [0.05, 0.1) is 0 Å². The first-order valence-electron chi connectivity index (χ1n) is 5.49. The molecule has 0 aliphatic heterocycles. The van der Waals surface area contributed by atoms with E-state index in [0.29, 0.717) is 17.2 Å². The van der Waals surface area contributed by atoms with Crippen molar-refractivity contribution in [1.29, 1.82) is 0 Å². The Morgan fingerprint density at radius 2 is 1.94 bits per heavy atom. The second-order valence-corrected chi connectivity index (χ2v) is 4.06. The highest BCUT2D eigenvalue weighted by molar-refractivity contribution is 6.31. The van der Waals surface area contributed by atoms with Gasteiger partial charge in [-0.1, -0.05) is 18.5 Å². The number of ether oxygens (including phenoxy) is 1. The molecule has 1 aromatic carbocycles. The molecule has 2 N–H and O–H groups in total. The highest BCUT2D eigenvalue weighted by Crippen LogP contribution is 2.20. The molecule has 0 heterocycles. The summed E-state index contributed by atoms with van der Waals surface area (Å²) in [6, 6.07) is 5.11. The number of rotatable bonds is 4. The Balaban J connectivity index is 2.38. The molecule has 98 valence electrons. The minimum absolute atomic E-state index is 0.176. The third-order valence-corrected chi connectivity index (χ3v) is 2.59. The first-order valence-corrected chi connectivity index (χ1v) is 5.87. The van der Waals surface area contributed by atoms with Crippen molar-refractivity contribution in [3.05, 3.63) is 28.8 Å². The molecule has 0 atom stereocenters. The van der Waals surface area contributed by atoms with Crippen LogP contribution in [0.15, 0.2) is 18.2 Å². The fourth-order valence-corrected chi connectivity index (χ4v) is 1.24. The smallest absolute Gasteiger partial charge is 0.276 e. The topological polar surface area (TPSA) is 67.4 Å². The minimum Gasteiger partial charge on any atom is -0.484 e.